The summed E-state index contributed by atoms with van der Waals surface area (Å²) in [6.07, 6.45) is 1.74. The molecule has 3 N–H and O–H groups in total. The Labute approximate surface area is 193 Å². The first kappa shape index (κ1) is 22.6. The molecule has 1 saturated heterocycles. The summed E-state index contributed by atoms with van der Waals surface area (Å²) >= 11 is 0. The van der Waals surface area contributed by atoms with E-state index < -0.39 is 6.04 Å². The van der Waals surface area contributed by atoms with Gasteiger partial charge in [-0.1, -0.05) is 56.3 Å². The van der Waals surface area contributed by atoms with Crippen LogP contribution in [0.5, 0.6) is 0 Å². The summed E-state index contributed by atoms with van der Waals surface area (Å²) in [6.45, 7) is 5.34. The Bertz CT molecular complexity index is 1110. The molecule has 33 heavy (non-hydrogen) atoms. The average molecular weight is 448 g/mol. The SMILES string of the molecule is CC(C)C(C(=O)Nc1cccc(CN2CCCC2C(N)=O)c1)n1nnc(-c2ccccc2)n1. The highest BCUT2D eigenvalue weighted by Gasteiger charge is 2.29. The number of carbonyl (C=O) groups is 2. The van der Waals surface area contributed by atoms with Crippen molar-refractivity contribution in [2.24, 2.45) is 11.7 Å². The van der Waals surface area contributed by atoms with Gasteiger partial charge in [-0.2, -0.15) is 4.80 Å². The Kier molecular flexibility index (Phi) is 6.79. The summed E-state index contributed by atoms with van der Waals surface area (Å²) < 4.78 is 0. The van der Waals surface area contributed by atoms with Crippen molar-refractivity contribution in [1.29, 1.82) is 0 Å². The Hall–Kier alpha value is -3.59. The van der Waals surface area contributed by atoms with E-state index in [2.05, 4.69) is 25.6 Å². The minimum Gasteiger partial charge on any atom is -0.368 e. The van der Waals surface area contributed by atoms with Gasteiger partial charge in [-0.3, -0.25) is 14.5 Å². The van der Waals surface area contributed by atoms with Gasteiger partial charge in [0.05, 0.1) is 6.04 Å². The minimum absolute atomic E-state index is 0.0491. The second kappa shape index (κ2) is 9.91. The van der Waals surface area contributed by atoms with Crippen molar-refractivity contribution in [2.45, 2.75) is 45.3 Å². The molecule has 2 unspecified atom stereocenters. The Morgan fingerprint density at radius 3 is 2.67 bits per heavy atom. The van der Waals surface area contributed by atoms with Crippen LogP contribution in [0.15, 0.2) is 54.6 Å². The highest BCUT2D eigenvalue weighted by Crippen LogP contribution is 2.23. The fraction of sp³-hybridized carbons (Fsp3) is 0.375. The van der Waals surface area contributed by atoms with Crippen LogP contribution < -0.4 is 11.1 Å². The van der Waals surface area contributed by atoms with Crippen LogP contribution in [-0.4, -0.2) is 49.5 Å². The van der Waals surface area contributed by atoms with Gasteiger partial charge in [0.15, 0.2) is 6.04 Å². The molecule has 3 aromatic rings. The van der Waals surface area contributed by atoms with Gasteiger partial charge in [-0.25, -0.2) is 0 Å². The number of nitrogens with two attached hydrogens (primary N) is 1. The van der Waals surface area contributed by atoms with Crippen molar-refractivity contribution in [3.63, 3.8) is 0 Å². The number of hydrogen-bond acceptors (Lipinski definition) is 6. The highest BCUT2D eigenvalue weighted by molar-refractivity contribution is 5.93. The third-order valence-electron chi connectivity index (χ3n) is 5.88. The van der Waals surface area contributed by atoms with E-state index >= 15 is 0 Å². The molecule has 9 nitrogen and oxygen atoms in total. The van der Waals surface area contributed by atoms with E-state index in [1.54, 1.807) is 0 Å². The summed E-state index contributed by atoms with van der Waals surface area (Å²) in [5.74, 6) is -0.0696. The van der Waals surface area contributed by atoms with Gasteiger partial charge in [-0.05, 0) is 48.2 Å². The number of hydrogen-bond donors (Lipinski definition) is 2. The maximum atomic E-state index is 13.2. The summed E-state index contributed by atoms with van der Waals surface area (Å²) in [5, 5.41) is 15.7. The fourth-order valence-corrected chi connectivity index (χ4v) is 4.26. The molecule has 0 radical (unpaired) electrons. The monoisotopic (exact) mass is 447 g/mol. The molecule has 1 fully saturated rings. The molecule has 1 aliphatic heterocycles. The minimum atomic E-state index is -0.614. The molecule has 0 bridgehead atoms. The van der Waals surface area contributed by atoms with Gasteiger partial charge >= 0.3 is 0 Å². The number of rotatable bonds is 8. The maximum Gasteiger partial charge on any atom is 0.251 e. The van der Waals surface area contributed by atoms with E-state index in [4.69, 9.17) is 5.73 Å². The molecule has 0 spiro atoms. The summed E-state index contributed by atoms with van der Waals surface area (Å²) in [4.78, 5) is 28.3. The maximum absolute atomic E-state index is 13.2. The predicted octanol–water partition coefficient (Wildman–Crippen LogP) is 2.63. The van der Waals surface area contributed by atoms with E-state index in [9.17, 15) is 9.59 Å². The molecule has 1 aromatic heterocycles. The standard InChI is InChI=1S/C24H29N7O2/c1-16(2)21(31-28-23(27-29-31)18-9-4-3-5-10-18)24(33)26-19-11-6-8-17(14-19)15-30-13-7-12-20(30)22(25)32/h3-6,8-11,14,16,20-21H,7,12-13,15H2,1-2H3,(H2,25,32)(H,26,33). The first-order valence-corrected chi connectivity index (χ1v) is 11.2. The molecule has 1 aliphatic rings. The van der Waals surface area contributed by atoms with E-state index in [-0.39, 0.29) is 23.8 Å². The largest absolute Gasteiger partial charge is 0.368 e. The van der Waals surface area contributed by atoms with Crippen LogP contribution >= 0.6 is 0 Å². The molecule has 172 valence electrons. The van der Waals surface area contributed by atoms with E-state index in [0.717, 1.165) is 30.5 Å². The zero-order chi connectivity index (χ0) is 23.4. The average Bonchev–Trinajstić information content (AvgIpc) is 3.44. The lowest BCUT2D eigenvalue weighted by molar-refractivity contribution is -0.122. The number of carbonyl (C=O) groups excluding carboxylic acids is 2. The Morgan fingerprint density at radius 1 is 1.15 bits per heavy atom. The number of benzene rings is 2. The second-order valence-electron chi connectivity index (χ2n) is 8.71. The van der Waals surface area contributed by atoms with Crippen LogP contribution in [0, 0.1) is 5.92 Å². The van der Waals surface area contributed by atoms with E-state index in [1.165, 1.54) is 4.80 Å². The molecule has 2 amide bonds. The highest BCUT2D eigenvalue weighted by atomic mass is 16.2. The topological polar surface area (TPSA) is 119 Å². The number of tetrazole rings is 1. The molecule has 2 heterocycles. The first-order valence-electron chi connectivity index (χ1n) is 11.2. The van der Waals surface area contributed by atoms with Crippen molar-refractivity contribution in [3.8, 4) is 11.4 Å². The van der Waals surface area contributed by atoms with Crippen molar-refractivity contribution in [2.75, 3.05) is 11.9 Å². The number of nitrogens with one attached hydrogen (secondary N) is 1. The van der Waals surface area contributed by atoms with Crippen LogP contribution in [0.25, 0.3) is 11.4 Å². The quantitative estimate of drug-likeness (QED) is 0.548. The zero-order valence-corrected chi connectivity index (χ0v) is 18.9. The number of nitrogens with zero attached hydrogens (tertiary/aromatic N) is 5. The van der Waals surface area contributed by atoms with Crippen LogP contribution in [0.3, 0.4) is 0 Å². The number of primary amides is 1. The summed E-state index contributed by atoms with van der Waals surface area (Å²) in [7, 11) is 0. The summed E-state index contributed by atoms with van der Waals surface area (Å²) in [5.41, 5.74) is 8.07. The van der Waals surface area contributed by atoms with Gasteiger partial charge in [0.2, 0.25) is 11.7 Å². The normalized spacial score (nSPS) is 17.2. The number of anilines is 1. The smallest absolute Gasteiger partial charge is 0.251 e. The number of aromatic nitrogens is 4. The second-order valence-corrected chi connectivity index (χ2v) is 8.71. The molecule has 0 aliphatic carbocycles. The molecular formula is C24H29N7O2. The molecule has 0 saturated carbocycles. The Morgan fingerprint density at radius 2 is 1.94 bits per heavy atom. The summed E-state index contributed by atoms with van der Waals surface area (Å²) in [6, 6.07) is 16.3. The van der Waals surface area contributed by atoms with Crippen molar-refractivity contribution in [1.82, 2.24) is 25.1 Å². The predicted molar refractivity (Wildman–Crippen MR) is 125 cm³/mol. The lowest BCUT2D eigenvalue weighted by Gasteiger charge is -2.22. The van der Waals surface area contributed by atoms with Gasteiger partial charge in [-0.15, -0.1) is 10.2 Å². The molecule has 4 rings (SSSR count). The third kappa shape index (κ3) is 5.25. The van der Waals surface area contributed by atoms with E-state index in [1.807, 2.05) is 68.4 Å². The Balaban J connectivity index is 1.48. The number of amides is 2. The van der Waals surface area contributed by atoms with Gasteiger partial charge in [0.25, 0.3) is 5.91 Å². The third-order valence-corrected chi connectivity index (χ3v) is 5.88. The van der Waals surface area contributed by atoms with Gasteiger partial charge in [0, 0.05) is 17.8 Å². The molecule has 9 heteroatoms. The molecule has 2 atom stereocenters. The van der Waals surface area contributed by atoms with E-state index in [0.29, 0.717) is 18.1 Å². The van der Waals surface area contributed by atoms with Gasteiger partial charge in [0.1, 0.15) is 0 Å². The lowest BCUT2D eigenvalue weighted by Crippen LogP contribution is -2.39. The van der Waals surface area contributed by atoms with Crippen LogP contribution in [-0.2, 0) is 16.1 Å². The fourth-order valence-electron chi connectivity index (χ4n) is 4.26. The van der Waals surface area contributed by atoms with Crippen LogP contribution in [0.1, 0.15) is 38.3 Å². The van der Waals surface area contributed by atoms with Gasteiger partial charge < -0.3 is 11.1 Å². The first-order chi connectivity index (χ1) is 15.9. The van der Waals surface area contributed by atoms with Crippen molar-refractivity contribution >= 4 is 17.5 Å². The molecule has 2 aromatic carbocycles. The lowest BCUT2D eigenvalue weighted by atomic mass is 10.0. The molecular weight excluding hydrogens is 418 g/mol. The zero-order valence-electron chi connectivity index (χ0n) is 18.9. The van der Waals surface area contributed by atoms with Crippen molar-refractivity contribution in [3.05, 3.63) is 60.2 Å². The van der Waals surface area contributed by atoms with Crippen LogP contribution in [0.4, 0.5) is 5.69 Å². The van der Waals surface area contributed by atoms with Crippen molar-refractivity contribution < 1.29 is 9.59 Å². The van der Waals surface area contributed by atoms with Crippen LogP contribution in [0.2, 0.25) is 0 Å². The number of likely N-dealkylation sites (tertiary alicyclic amines) is 1.